The van der Waals surface area contributed by atoms with Gasteiger partial charge in [0, 0.05) is 45.1 Å². The molecule has 0 atom stereocenters. The smallest absolute Gasteiger partial charge is 0.147 e. The summed E-state index contributed by atoms with van der Waals surface area (Å²) in [5.41, 5.74) is 18.5. The van der Waals surface area contributed by atoms with Gasteiger partial charge in [0.1, 0.15) is 11.3 Å². The van der Waals surface area contributed by atoms with Gasteiger partial charge in [-0.1, -0.05) is 128 Å². The Morgan fingerprint density at radius 1 is 0.400 bits per heavy atom. The Morgan fingerprint density at radius 3 is 1.12 bits per heavy atom. The first-order valence-electron chi connectivity index (χ1n) is 21.7. The summed E-state index contributed by atoms with van der Waals surface area (Å²) < 4.78 is 4.90. The van der Waals surface area contributed by atoms with Crippen LogP contribution in [0.5, 0.6) is 0 Å². The molecule has 298 valence electrons. The number of aryl methyl sites for hydroxylation is 2. The number of benzene rings is 4. The number of hydrogen-bond donors (Lipinski definition) is 0. The van der Waals surface area contributed by atoms with E-state index in [1.54, 1.807) is 0 Å². The maximum atomic E-state index is 5.71. The zero-order chi connectivity index (χ0) is 41.4. The van der Waals surface area contributed by atoms with Crippen molar-refractivity contribution in [3.8, 4) is 22.5 Å². The lowest BCUT2D eigenvalue weighted by atomic mass is 9.85. The molecule has 0 saturated carbocycles. The Balaban J connectivity index is 1.31. The molecule has 0 aliphatic heterocycles. The molecule has 4 aromatic carbocycles. The summed E-state index contributed by atoms with van der Waals surface area (Å²) in [5.74, 6) is 1.25. The zero-order valence-corrected chi connectivity index (χ0v) is 36.0. The van der Waals surface area contributed by atoms with Crippen molar-refractivity contribution in [2.75, 3.05) is 0 Å². The van der Waals surface area contributed by atoms with Gasteiger partial charge < -0.3 is 0 Å². The van der Waals surface area contributed by atoms with Gasteiger partial charge in [-0.25, -0.2) is 9.97 Å². The van der Waals surface area contributed by atoms with E-state index in [1.807, 2.05) is 24.5 Å². The second-order valence-electron chi connectivity index (χ2n) is 17.7. The van der Waals surface area contributed by atoms with E-state index in [0.717, 1.165) is 66.3 Å². The molecule has 0 amide bonds. The van der Waals surface area contributed by atoms with Crippen LogP contribution in [0.2, 0.25) is 0 Å². The molecule has 60 heavy (non-hydrogen) atoms. The molecule has 10 rings (SSSR count). The molecule has 0 saturated heterocycles. The molecule has 0 unspecified atom stereocenters. The topological polar surface area (TPSA) is 60.4 Å². The first-order chi connectivity index (χ1) is 29.1. The van der Waals surface area contributed by atoms with Crippen molar-refractivity contribution < 1.29 is 0 Å². The van der Waals surface area contributed by atoms with E-state index < -0.39 is 0 Å². The number of rotatable bonds is 9. The maximum Gasteiger partial charge on any atom is 0.147 e. The monoisotopic (exact) mass is 784 g/mol. The third-order valence-corrected chi connectivity index (χ3v) is 12.6. The molecule has 0 bridgehead atoms. The van der Waals surface area contributed by atoms with Gasteiger partial charge in [-0.3, -0.25) is 18.8 Å². The van der Waals surface area contributed by atoms with Crippen molar-refractivity contribution in [3.63, 3.8) is 0 Å². The zero-order valence-electron chi connectivity index (χ0n) is 36.0. The summed E-state index contributed by atoms with van der Waals surface area (Å²) in [6.07, 6.45) is 5.19. The van der Waals surface area contributed by atoms with Crippen molar-refractivity contribution >= 4 is 54.9 Å². The minimum atomic E-state index is 0.313. The summed E-state index contributed by atoms with van der Waals surface area (Å²) in [5, 5.41) is 4.37. The molecule has 0 N–H and O–H groups in total. The number of hydrogen-bond acceptors (Lipinski definition) is 4. The largest absolute Gasteiger partial charge is 0.291 e. The van der Waals surface area contributed by atoms with Crippen LogP contribution in [-0.4, -0.2) is 28.7 Å². The normalized spacial score (nSPS) is 12.4. The van der Waals surface area contributed by atoms with Crippen LogP contribution >= 0.6 is 0 Å². The van der Waals surface area contributed by atoms with Gasteiger partial charge in [-0.05, 0) is 95.2 Å². The van der Waals surface area contributed by atoms with Crippen LogP contribution in [0.4, 0.5) is 0 Å². The predicted molar refractivity (Wildman–Crippen MR) is 251 cm³/mol. The van der Waals surface area contributed by atoms with Gasteiger partial charge in [0.15, 0.2) is 0 Å². The minimum Gasteiger partial charge on any atom is -0.291 e. The van der Waals surface area contributed by atoms with E-state index in [1.165, 1.54) is 44.8 Å². The van der Waals surface area contributed by atoms with Gasteiger partial charge in [-0.2, -0.15) is 0 Å². The van der Waals surface area contributed by atoms with Crippen molar-refractivity contribution in [1.82, 2.24) is 28.7 Å². The Bertz CT molecular complexity index is 3010. The summed E-state index contributed by atoms with van der Waals surface area (Å²) in [4.78, 5) is 21.3. The number of pyridine rings is 4. The van der Waals surface area contributed by atoms with Gasteiger partial charge in [0.25, 0.3) is 0 Å². The Labute approximate surface area is 352 Å². The molecule has 0 spiro atoms. The Morgan fingerprint density at radius 2 is 0.750 bits per heavy atom. The molecule has 0 aliphatic rings. The molecule has 6 heteroatoms. The SMILES string of the molecule is CC(C)c1cccc(C(C)C)c1-c1c(CCc2nc3c4cccnc4c4ccccc4n3c2-c2c(C(C)C)cccc2C(C)C)nc2c3cccnc3c3ccccc3n12. The highest BCUT2D eigenvalue weighted by Gasteiger charge is 2.29. The van der Waals surface area contributed by atoms with Crippen LogP contribution in [0.15, 0.2) is 122 Å². The van der Waals surface area contributed by atoms with Gasteiger partial charge in [0.05, 0.1) is 44.8 Å². The Hall–Kier alpha value is -6.40. The van der Waals surface area contributed by atoms with Crippen molar-refractivity contribution in [1.29, 1.82) is 0 Å². The lowest BCUT2D eigenvalue weighted by Gasteiger charge is -2.22. The van der Waals surface area contributed by atoms with E-state index in [0.29, 0.717) is 36.5 Å². The number of aromatic nitrogens is 6. The highest BCUT2D eigenvalue weighted by molar-refractivity contribution is 6.11. The van der Waals surface area contributed by atoms with Crippen LogP contribution in [0, 0.1) is 0 Å². The van der Waals surface area contributed by atoms with Crippen LogP contribution in [0.3, 0.4) is 0 Å². The molecular weight excluding hydrogens is 733 g/mol. The van der Waals surface area contributed by atoms with Gasteiger partial charge in [0.2, 0.25) is 0 Å². The highest BCUT2D eigenvalue weighted by atomic mass is 15.1. The van der Waals surface area contributed by atoms with Crippen molar-refractivity contribution in [2.45, 2.75) is 91.9 Å². The summed E-state index contributed by atoms with van der Waals surface area (Å²) in [7, 11) is 0. The fraction of sp³-hybridized carbons (Fsp3) is 0.259. The fourth-order valence-electron chi connectivity index (χ4n) is 9.85. The average molecular weight is 785 g/mol. The first kappa shape index (κ1) is 37.8. The van der Waals surface area contributed by atoms with Crippen molar-refractivity contribution in [2.24, 2.45) is 0 Å². The Kier molecular flexibility index (Phi) is 9.27. The first-order valence-corrected chi connectivity index (χ1v) is 21.7. The number of nitrogens with zero attached hydrogens (tertiary/aromatic N) is 6. The van der Waals surface area contributed by atoms with E-state index >= 15 is 0 Å². The lowest BCUT2D eigenvalue weighted by Crippen LogP contribution is -2.06. The second kappa shape index (κ2) is 14.7. The third-order valence-electron chi connectivity index (χ3n) is 12.6. The quantitative estimate of drug-likeness (QED) is 0.137. The number of para-hydroxylation sites is 2. The molecule has 0 aliphatic carbocycles. The number of fused-ring (bicyclic) bond motifs is 12. The average Bonchev–Trinajstić information content (AvgIpc) is 3.84. The van der Waals surface area contributed by atoms with E-state index in [9.17, 15) is 0 Å². The van der Waals surface area contributed by atoms with Crippen molar-refractivity contribution in [3.05, 3.63) is 155 Å². The molecule has 0 radical (unpaired) electrons. The van der Waals surface area contributed by atoms with E-state index in [4.69, 9.17) is 19.9 Å². The predicted octanol–water partition coefficient (Wildman–Crippen LogP) is 14.0. The third kappa shape index (κ3) is 5.83. The minimum absolute atomic E-state index is 0.313. The van der Waals surface area contributed by atoms with Crippen LogP contribution in [-0.2, 0) is 12.8 Å². The molecule has 6 nitrogen and oxygen atoms in total. The van der Waals surface area contributed by atoms with Gasteiger partial charge >= 0.3 is 0 Å². The van der Waals surface area contributed by atoms with Crippen LogP contribution < -0.4 is 0 Å². The molecule has 0 fully saturated rings. The highest BCUT2D eigenvalue weighted by Crippen LogP contribution is 2.44. The molecule has 10 aromatic rings. The lowest BCUT2D eigenvalue weighted by molar-refractivity contribution is 0.830. The van der Waals surface area contributed by atoms with Crippen LogP contribution in [0.1, 0.15) is 113 Å². The number of imidazole rings is 2. The molecule has 6 aromatic heterocycles. The summed E-state index contributed by atoms with van der Waals surface area (Å²) in [6, 6.07) is 39.6. The van der Waals surface area contributed by atoms with Gasteiger partial charge in [-0.15, -0.1) is 0 Å². The second-order valence-corrected chi connectivity index (χ2v) is 17.7. The van der Waals surface area contributed by atoms with E-state index in [-0.39, 0.29) is 0 Å². The summed E-state index contributed by atoms with van der Waals surface area (Å²) in [6.45, 7) is 18.5. The maximum absolute atomic E-state index is 5.71. The summed E-state index contributed by atoms with van der Waals surface area (Å²) >= 11 is 0. The van der Waals surface area contributed by atoms with E-state index in [2.05, 4.69) is 161 Å². The van der Waals surface area contributed by atoms with Crippen LogP contribution in [0.25, 0.3) is 77.4 Å². The molecular formula is C54H52N6. The standard InChI is InChI=1S/C54H52N6/c1-31(2)35-19-13-20-36(32(3)4)47(35)51-43(57-53-41-23-15-29-55-49(41)39-17-9-11-25-45(39)59(51)53)27-28-44-52(48-37(33(5)6)21-14-22-38(48)34(7)8)60-46-26-12-10-18-40(46)50-42(54(60)58-44)24-16-30-56-50/h9-26,29-34H,27-28H2,1-8H3. The molecule has 6 heterocycles. The fourth-order valence-corrected chi connectivity index (χ4v) is 9.85.